The average Bonchev–Trinajstić information content (AvgIpc) is 2.51. The maximum absolute atomic E-state index is 6.15. The van der Waals surface area contributed by atoms with Crippen LogP contribution in [0.3, 0.4) is 0 Å². The van der Waals surface area contributed by atoms with Crippen molar-refractivity contribution in [3.8, 4) is 12.3 Å². The summed E-state index contributed by atoms with van der Waals surface area (Å²) in [6.07, 6.45) is 5.94. The van der Waals surface area contributed by atoms with Crippen LogP contribution in [-0.2, 0) is 13.9 Å². The summed E-state index contributed by atoms with van der Waals surface area (Å²) in [4.78, 5) is 0. The van der Waals surface area contributed by atoms with Gasteiger partial charge in [0.15, 0.2) is 14.1 Å². The number of hydrogen-bond donors (Lipinski definition) is 0. The van der Waals surface area contributed by atoms with Crippen molar-refractivity contribution in [2.45, 2.75) is 77.2 Å². The average molecular weight is 284 g/mol. The molecule has 110 valence electrons. The monoisotopic (exact) mass is 284 g/mol. The number of terminal acetylenes is 1. The minimum absolute atomic E-state index is 0.0650. The Morgan fingerprint density at radius 3 is 2.32 bits per heavy atom. The molecule has 1 rings (SSSR count). The molecule has 0 bridgehead atoms. The van der Waals surface area contributed by atoms with Crippen molar-refractivity contribution >= 4 is 8.32 Å². The molecule has 0 aromatic heterocycles. The fourth-order valence-corrected chi connectivity index (χ4v) is 2.90. The Morgan fingerprint density at radius 1 is 1.26 bits per heavy atom. The first-order chi connectivity index (χ1) is 8.48. The van der Waals surface area contributed by atoms with Crippen LogP contribution in [0.2, 0.25) is 18.1 Å². The van der Waals surface area contributed by atoms with Gasteiger partial charge >= 0.3 is 0 Å². The molecule has 19 heavy (non-hydrogen) atoms. The van der Waals surface area contributed by atoms with Crippen LogP contribution in [0, 0.1) is 12.3 Å². The van der Waals surface area contributed by atoms with Crippen LogP contribution < -0.4 is 0 Å². The van der Waals surface area contributed by atoms with Gasteiger partial charge in [-0.1, -0.05) is 26.7 Å². The highest BCUT2D eigenvalue weighted by Gasteiger charge is 2.41. The third kappa shape index (κ3) is 4.32. The Morgan fingerprint density at radius 2 is 1.84 bits per heavy atom. The summed E-state index contributed by atoms with van der Waals surface area (Å²) >= 11 is 0. The molecule has 3 nitrogen and oxygen atoms in total. The van der Waals surface area contributed by atoms with Crippen LogP contribution in [0.1, 0.15) is 41.0 Å². The molecular weight excluding hydrogens is 256 g/mol. The van der Waals surface area contributed by atoms with E-state index in [4.69, 9.17) is 20.3 Å². The molecule has 0 unspecified atom stereocenters. The number of ether oxygens (including phenoxy) is 2. The summed E-state index contributed by atoms with van der Waals surface area (Å²) in [5.41, 5.74) is 0. The van der Waals surface area contributed by atoms with E-state index >= 15 is 0 Å². The Bertz CT molecular complexity index is 349. The van der Waals surface area contributed by atoms with Crippen molar-refractivity contribution in [2.24, 2.45) is 0 Å². The van der Waals surface area contributed by atoms with Crippen LogP contribution in [-0.4, -0.2) is 32.9 Å². The highest BCUT2D eigenvalue weighted by Crippen LogP contribution is 2.37. The lowest BCUT2D eigenvalue weighted by Crippen LogP contribution is -2.41. The molecular formula is C15H28O3Si. The SMILES string of the molecule is C#C[C@H]1OC(C)(C)O[C@@H]1CCO[Si](C)(C)C(C)(C)C. The van der Waals surface area contributed by atoms with Gasteiger partial charge in [0.25, 0.3) is 0 Å². The van der Waals surface area contributed by atoms with Crippen LogP contribution in [0.4, 0.5) is 0 Å². The first kappa shape index (κ1) is 16.7. The molecule has 2 atom stereocenters. The zero-order chi connectivity index (χ0) is 14.9. The summed E-state index contributed by atoms with van der Waals surface area (Å²) < 4.78 is 17.6. The smallest absolute Gasteiger partial charge is 0.191 e. The maximum Gasteiger partial charge on any atom is 0.191 e. The van der Waals surface area contributed by atoms with Crippen LogP contribution >= 0.6 is 0 Å². The molecule has 0 aromatic carbocycles. The van der Waals surface area contributed by atoms with E-state index in [-0.39, 0.29) is 17.2 Å². The molecule has 0 saturated carbocycles. The van der Waals surface area contributed by atoms with Gasteiger partial charge in [-0.3, -0.25) is 0 Å². The van der Waals surface area contributed by atoms with E-state index in [2.05, 4.69) is 39.8 Å². The lowest BCUT2D eigenvalue weighted by atomic mass is 10.1. The van der Waals surface area contributed by atoms with Crippen molar-refractivity contribution in [2.75, 3.05) is 6.61 Å². The molecule has 0 radical (unpaired) electrons. The number of rotatable bonds is 4. The standard InChI is InChI=1S/C15H28O3Si/c1-9-12-13(18-15(5,6)17-12)10-11-16-19(7,8)14(2,3)4/h1,12-13H,10-11H2,2-8H3/t12-,13-/m1/s1. The van der Waals surface area contributed by atoms with E-state index in [1.807, 2.05) is 13.8 Å². The van der Waals surface area contributed by atoms with Crippen LogP contribution in [0.15, 0.2) is 0 Å². The zero-order valence-electron chi connectivity index (χ0n) is 13.4. The molecule has 0 aromatic rings. The Balaban J connectivity index is 2.48. The summed E-state index contributed by atoms with van der Waals surface area (Å²) in [5, 5.41) is 0.227. The molecule has 0 amide bonds. The summed E-state index contributed by atoms with van der Waals surface area (Å²) in [5.74, 6) is 2.07. The minimum Gasteiger partial charge on any atom is -0.417 e. The fraction of sp³-hybridized carbons (Fsp3) is 0.867. The second-order valence-electron chi connectivity index (χ2n) is 7.16. The van der Waals surface area contributed by atoms with Crippen LogP contribution in [0.25, 0.3) is 0 Å². The first-order valence-electron chi connectivity index (χ1n) is 6.94. The second kappa shape index (κ2) is 5.57. The minimum atomic E-state index is -1.69. The first-order valence-corrected chi connectivity index (χ1v) is 9.85. The molecule has 1 aliphatic heterocycles. The second-order valence-corrected chi connectivity index (χ2v) is 12.0. The van der Waals surface area contributed by atoms with Gasteiger partial charge in [-0.2, -0.15) is 0 Å². The van der Waals surface area contributed by atoms with E-state index in [9.17, 15) is 0 Å². The topological polar surface area (TPSA) is 27.7 Å². The Labute approximate surface area is 119 Å². The summed E-state index contributed by atoms with van der Waals surface area (Å²) in [6, 6.07) is 0. The van der Waals surface area contributed by atoms with Gasteiger partial charge in [0.2, 0.25) is 0 Å². The molecule has 0 aliphatic carbocycles. The Hall–Kier alpha value is -0.343. The fourth-order valence-electron chi connectivity index (χ4n) is 1.83. The van der Waals surface area contributed by atoms with Crippen LogP contribution in [0.5, 0.6) is 0 Å². The van der Waals surface area contributed by atoms with Crippen molar-refractivity contribution < 1.29 is 13.9 Å². The molecule has 0 spiro atoms. The van der Waals surface area contributed by atoms with Gasteiger partial charge in [-0.25, -0.2) is 0 Å². The van der Waals surface area contributed by atoms with E-state index in [0.29, 0.717) is 6.61 Å². The van der Waals surface area contributed by atoms with Crippen molar-refractivity contribution in [1.29, 1.82) is 0 Å². The molecule has 1 saturated heterocycles. The van der Waals surface area contributed by atoms with Gasteiger partial charge in [0, 0.05) is 6.61 Å². The van der Waals surface area contributed by atoms with E-state index in [0.717, 1.165) is 6.42 Å². The van der Waals surface area contributed by atoms with Gasteiger partial charge in [0.05, 0.1) is 0 Å². The summed E-state index contributed by atoms with van der Waals surface area (Å²) in [6.45, 7) is 15.7. The lowest BCUT2D eigenvalue weighted by Gasteiger charge is -2.36. The zero-order valence-corrected chi connectivity index (χ0v) is 14.4. The van der Waals surface area contributed by atoms with E-state index in [1.54, 1.807) is 0 Å². The largest absolute Gasteiger partial charge is 0.417 e. The highest BCUT2D eigenvalue weighted by atomic mass is 28.4. The molecule has 1 aliphatic rings. The predicted molar refractivity (Wildman–Crippen MR) is 80.4 cm³/mol. The van der Waals surface area contributed by atoms with Gasteiger partial charge < -0.3 is 13.9 Å². The van der Waals surface area contributed by atoms with Gasteiger partial charge in [0.1, 0.15) is 12.2 Å². The van der Waals surface area contributed by atoms with E-state index < -0.39 is 14.1 Å². The van der Waals surface area contributed by atoms with Gasteiger partial charge in [-0.15, -0.1) is 6.42 Å². The van der Waals surface area contributed by atoms with E-state index in [1.165, 1.54) is 0 Å². The van der Waals surface area contributed by atoms with Crippen molar-refractivity contribution in [1.82, 2.24) is 0 Å². The van der Waals surface area contributed by atoms with Gasteiger partial charge in [-0.05, 0) is 38.4 Å². The maximum atomic E-state index is 6.15. The normalized spacial score (nSPS) is 27.3. The van der Waals surface area contributed by atoms with Crippen molar-refractivity contribution in [3.05, 3.63) is 0 Å². The lowest BCUT2D eigenvalue weighted by molar-refractivity contribution is -0.143. The summed E-state index contributed by atoms with van der Waals surface area (Å²) in [7, 11) is -1.69. The highest BCUT2D eigenvalue weighted by molar-refractivity contribution is 6.74. The third-order valence-electron chi connectivity index (χ3n) is 4.02. The molecule has 0 N–H and O–H groups in total. The number of hydrogen-bond acceptors (Lipinski definition) is 3. The molecule has 1 heterocycles. The quantitative estimate of drug-likeness (QED) is 0.583. The molecule has 4 heteroatoms. The third-order valence-corrected chi connectivity index (χ3v) is 8.56. The van der Waals surface area contributed by atoms with Crippen molar-refractivity contribution in [3.63, 3.8) is 0 Å². The molecule has 1 fully saturated rings. The predicted octanol–water partition coefficient (Wildman–Crippen LogP) is 3.55. The Kier molecular flexibility index (Phi) is 4.90.